The predicted octanol–water partition coefficient (Wildman–Crippen LogP) is 2.07. The van der Waals surface area contributed by atoms with Crippen LogP contribution in [0.1, 0.15) is 11.3 Å². The van der Waals surface area contributed by atoms with Crippen molar-refractivity contribution in [1.82, 2.24) is 9.61 Å². The van der Waals surface area contributed by atoms with Crippen molar-refractivity contribution in [2.45, 2.75) is 13.8 Å². The Morgan fingerprint density at radius 3 is 2.50 bits per heavy atom. The average molecular weight is 278 g/mol. The minimum atomic E-state index is 0. The van der Waals surface area contributed by atoms with Gasteiger partial charge in [0, 0.05) is 5.69 Å². The maximum Gasteiger partial charge on any atom is 0.257 e. The zero-order chi connectivity index (χ0) is 14.2. The second-order valence-corrected chi connectivity index (χ2v) is 5.98. The van der Waals surface area contributed by atoms with Gasteiger partial charge in [-0.05, 0) is 25.5 Å². The number of fused-ring (bicyclic) bond motifs is 1. The van der Waals surface area contributed by atoms with Crippen molar-refractivity contribution in [3.63, 3.8) is 0 Å². The Kier molecular flexibility index (Phi) is 4.65. The van der Waals surface area contributed by atoms with Gasteiger partial charge < -0.3 is 22.4 Å². The molecule has 0 aromatic carbocycles. The van der Waals surface area contributed by atoms with Crippen LogP contribution < -0.4 is 10.5 Å². The molecule has 20 heavy (non-hydrogen) atoms. The molecule has 0 fully saturated rings. The van der Waals surface area contributed by atoms with Crippen LogP contribution in [0.25, 0.3) is 5.52 Å². The van der Waals surface area contributed by atoms with Gasteiger partial charge in [-0.15, -0.1) is 5.10 Å². The quantitative estimate of drug-likeness (QED) is 0.688. The largest absolute Gasteiger partial charge is 0.469 e. The Labute approximate surface area is 121 Å². The van der Waals surface area contributed by atoms with E-state index in [0.29, 0.717) is 18.2 Å². The van der Waals surface area contributed by atoms with Crippen molar-refractivity contribution in [2.24, 2.45) is 0 Å². The van der Waals surface area contributed by atoms with Gasteiger partial charge in [0.15, 0.2) is 0 Å². The SMILES string of the molecule is Cc1ccc2c(N)c(OCC[N+](C)(C)C)nn2c1C.[CH3-]. The smallest absolute Gasteiger partial charge is 0.257 e. The number of likely N-dealkylation sites (N-methyl/N-ethyl adjacent to an activating group) is 1. The van der Waals surface area contributed by atoms with Gasteiger partial charge in [0.05, 0.1) is 26.7 Å². The zero-order valence-corrected chi connectivity index (χ0v) is 13.4. The van der Waals surface area contributed by atoms with E-state index < -0.39 is 0 Å². The molecule has 112 valence electrons. The van der Waals surface area contributed by atoms with Crippen LogP contribution in [0.4, 0.5) is 5.69 Å². The van der Waals surface area contributed by atoms with Crippen molar-refractivity contribution in [3.8, 4) is 5.88 Å². The Morgan fingerprint density at radius 1 is 1.25 bits per heavy atom. The molecule has 0 bridgehead atoms. The standard InChI is InChI=1S/C14H23N4O.CH3/c1-10-6-7-12-13(15)14(16-17(12)11(10)2)19-9-8-18(3,4)5;/h6-7H,8-9,15H2,1-5H3;1H3/q+1;-1. The van der Waals surface area contributed by atoms with Gasteiger partial charge in [0.2, 0.25) is 0 Å². The monoisotopic (exact) mass is 278 g/mol. The molecule has 0 aliphatic heterocycles. The van der Waals surface area contributed by atoms with Gasteiger partial charge in [0.25, 0.3) is 5.88 Å². The summed E-state index contributed by atoms with van der Waals surface area (Å²) in [6.07, 6.45) is 0. The number of nitrogens with zero attached hydrogens (tertiary/aromatic N) is 3. The Hall–Kier alpha value is -1.75. The minimum absolute atomic E-state index is 0. The Bertz CT molecular complexity index is 596. The van der Waals surface area contributed by atoms with Gasteiger partial charge >= 0.3 is 0 Å². The van der Waals surface area contributed by atoms with Crippen LogP contribution in [-0.4, -0.2) is 48.4 Å². The lowest BCUT2D eigenvalue weighted by atomic mass is 10.2. The molecule has 2 rings (SSSR count). The number of hydrogen-bond acceptors (Lipinski definition) is 3. The van der Waals surface area contributed by atoms with Gasteiger partial charge in [-0.2, -0.15) is 0 Å². The van der Waals surface area contributed by atoms with E-state index >= 15 is 0 Å². The highest BCUT2D eigenvalue weighted by atomic mass is 16.5. The zero-order valence-electron chi connectivity index (χ0n) is 13.4. The van der Waals surface area contributed by atoms with Crippen molar-refractivity contribution in [3.05, 3.63) is 30.8 Å². The lowest BCUT2D eigenvalue weighted by Gasteiger charge is -2.23. The number of nitrogen functional groups attached to an aromatic ring is 1. The molecule has 2 heterocycles. The molecule has 0 radical (unpaired) electrons. The summed E-state index contributed by atoms with van der Waals surface area (Å²) in [6.45, 7) is 5.61. The third kappa shape index (κ3) is 3.22. The number of hydrogen-bond donors (Lipinski definition) is 1. The first-order valence-corrected chi connectivity index (χ1v) is 6.47. The molecule has 2 aromatic heterocycles. The fraction of sp³-hybridized carbons (Fsp3) is 0.467. The van der Waals surface area contributed by atoms with Crippen LogP contribution in [0.2, 0.25) is 0 Å². The van der Waals surface area contributed by atoms with E-state index in [2.05, 4.69) is 39.2 Å². The fourth-order valence-corrected chi connectivity index (χ4v) is 1.85. The number of anilines is 1. The third-order valence-electron chi connectivity index (χ3n) is 3.31. The molecule has 5 nitrogen and oxygen atoms in total. The molecule has 0 unspecified atom stereocenters. The summed E-state index contributed by atoms with van der Waals surface area (Å²) in [5, 5.41) is 4.45. The van der Waals surface area contributed by atoms with Crippen molar-refractivity contribution >= 4 is 11.2 Å². The maximum absolute atomic E-state index is 6.09. The molecule has 5 heteroatoms. The molecule has 0 saturated heterocycles. The Balaban J connectivity index is 0.00000200. The van der Waals surface area contributed by atoms with Gasteiger partial charge in [0.1, 0.15) is 18.8 Å². The van der Waals surface area contributed by atoms with Crippen LogP contribution in [0, 0.1) is 21.3 Å². The molecular weight excluding hydrogens is 252 g/mol. The summed E-state index contributed by atoms with van der Waals surface area (Å²) < 4.78 is 8.43. The van der Waals surface area contributed by atoms with Crippen LogP contribution in [0.15, 0.2) is 12.1 Å². The molecule has 2 N–H and O–H groups in total. The maximum atomic E-state index is 6.09. The van der Waals surface area contributed by atoms with E-state index in [4.69, 9.17) is 10.5 Å². The first-order valence-electron chi connectivity index (χ1n) is 6.47. The fourth-order valence-electron chi connectivity index (χ4n) is 1.85. The van der Waals surface area contributed by atoms with E-state index in [9.17, 15) is 0 Å². The van der Waals surface area contributed by atoms with Crippen molar-refractivity contribution in [2.75, 3.05) is 40.0 Å². The van der Waals surface area contributed by atoms with Gasteiger partial charge in [-0.3, -0.25) is 0 Å². The summed E-state index contributed by atoms with van der Waals surface area (Å²) in [5.74, 6) is 0.530. The molecule has 0 amide bonds. The van der Waals surface area contributed by atoms with E-state index in [-0.39, 0.29) is 7.43 Å². The van der Waals surface area contributed by atoms with Gasteiger partial charge in [-0.25, -0.2) is 4.52 Å². The highest BCUT2D eigenvalue weighted by Gasteiger charge is 2.14. The summed E-state index contributed by atoms with van der Waals surface area (Å²) in [6, 6.07) is 4.04. The predicted molar refractivity (Wildman–Crippen MR) is 83.9 cm³/mol. The lowest BCUT2D eigenvalue weighted by Crippen LogP contribution is -2.38. The summed E-state index contributed by atoms with van der Waals surface area (Å²) >= 11 is 0. The number of nitrogens with two attached hydrogens (primary N) is 1. The number of ether oxygens (including phenoxy) is 1. The van der Waals surface area contributed by atoms with Crippen LogP contribution >= 0.6 is 0 Å². The number of pyridine rings is 1. The van der Waals surface area contributed by atoms with Crippen LogP contribution in [-0.2, 0) is 0 Å². The van der Waals surface area contributed by atoms with Crippen LogP contribution in [0.5, 0.6) is 5.88 Å². The molecule has 0 aliphatic rings. The summed E-state index contributed by atoms with van der Waals surface area (Å²) in [4.78, 5) is 0. The molecule has 0 aliphatic carbocycles. The first kappa shape index (κ1) is 16.3. The second-order valence-electron chi connectivity index (χ2n) is 5.98. The lowest BCUT2D eigenvalue weighted by molar-refractivity contribution is -0.870. The van der Waals surface area contributed by atoms with Crippen LogP contribution in [0.3, 0.4) is 0 Å². The molecular formula is C15H26N4O. The number of aryl methyl sites for hydroxylation is 2. The average Bonchev–Trinajstić information content (AvgIpc) is 2.61. The second kappa shape index (κ2) is 5.71. The summed E-state index contributed by atoms with van der Waals surface area (Å²) in [5.41, 5.74) is 9.89. The van der Waals surface area contributed by atoms with E-state index in [0.717, 1.165) is 22.2 Å². The number of aromatic nitrogens is 2. The van der Waals surface area contributed by atoms with E-state index in [1.165, 1.54) is 5.56 Å². The highest BCUT2D eigenvalue weighted by molar-refractivity contribution is 5.75. The third-order valence-corrected chi connectivity index (χ3v) is 3.31. The molecule has 0 atom stereocenters. The Morgan fingerprint density at radius 2 is 1.90 bits per heavy atom. The van der Waals surface area contributed by atoms with Gasteiger partial charge in [-0.1, -0.05) is 6.07 Å². The van der Waals surface area contributed by atoms with E-state index in [1.807, 2.05) is 17.5 Å². The number of quaternary nitrogens is 1. The van der Waals surface area contributed by atoms with E-state index in [1.54, 1.807) is 0 Å². The highest BCUT2D eigenvalue weighted by Crippen LogP contribution is 2.27. The first-order chi connectivity index (χ1) is 8.79. The molecule has 0 saturated carbocycles. The normalized spacial score (nSPS) is 11.4. The molecule has 2 aromatic rings. The summed E-state index contributed by atoms with van der Waals surface area (Å²) in [7, 11) is 6.39. The van der Waals surface area contributed by atoms with Crippen molar-refractivity contribution in [1.29, 1.82) is 0 Å². The van der Waals surface area contributed by atoms with Crippen molar-refractivity contribution < 1.29 is 9.22 Å². The topological polar surface area (TPSA) is 52.5 Å². The minimum Gasteiger partial charge on any atom is -0.469 e. The molecule has 0 spiro atoms. The number of rotatable bonds is 4.